The van der Waals surface area contributed by atoms with Gasteiger partial charge in [-0.15, -0.1) is 0 Å². The third-order valence-electron chi connectivity index (χ3n) is 2.68. The van der Waals surface area contributed by atoms with E-state index >= 15 is 0 Å². The minimum Gasteiger partial charge on any atom is -0.491 e. The Morgan fingerprint density at radius 3 is 2.31 bits per heavy atom. The molecule has 1 aromatic carbocycles. The fourth-order valence-electron chi connectivity index (χ4n) is 1.40. The van der Waals surface area contributed by atoms with Crippen LogP contribution < -0.4 is 10.5 Å². The maximum atomic E-state index is 5.90. The van der Waals surface area contributed by atoms with Gasteiger partial charge in [0.05, 0.1) is 22.3 Å². The molecule has 0 aliphatic heterocycles. The van der Waals surface area contributed by atoms with Gasteiger partial charge in [-0.1, -0.05) is 49.9 Å². The van der Waals surface area contributed by atoms with Gasteiger partial charge in [0.2, 0.25) is 0 Å². The molecule has 0 aliphatic rings. The van der Waals surface area contributed by atoms with E-state index in [0.717, 1.165) is 12.8 Å². The summed E-state index contributed by atoms with van der Waals surface area (Å²) >= 11 is 11.7. The summed E-state index contributed by atoms with van der Waals surface area (Å²) in [6.07, 6.45) is 2.19. The molecule has 0 unspecified atom stereocenters. The van der Waals surface area contributed by atoms with Gasteiger partial charge in [0.1, 0.15) is 5.75 Å². The van der Waals surface area contributed by atoms with E-state index in [9.17, 15) is 0 Å². The van der Waals surface area contributed by atoms with Crippen LogP contribution in [-0.2, 0) is 0 Å². The third-order valence-corrected chi connectivity index (χ3v) is 3.40. The van der Waals surface area contributed by atoms with Crippen molar-refractivity contribution < 1.29 is 4.74 Å². The van der Waals surface area contributed by atoms with Gasteiger partial charge in [-0.3, -0.25) is 0 Å². The highest BCUT2D eigenvalue weighted by Gasteiger charge is 2.09. The summed E-state index contributed by atoms with van der Waals surface area (Å²) < 4.78 is 5.65. The average molecular weight is 262 g/mol. The zero-order chi connectivity index (χ0) is 12.1. The smallest absolute Gasteiger partial charge is 0.143 e. The molecule has 0 amide bonds. The van der Waals surface area contributed by atoms with Crippen molar-refractivity contribution >= 4 is 28.9 Å². The highest BCUT2D eigenvalue weighted by atomic mass is 35.5. The maximum absolute atomic E-state index is 5.90. The number of ether oxygens (including phenoxy) is 1. The first-order valence-corrected chi connectivity index (χ1v) is 6.21. The van der Waals surface area contributed by atoms with Crippen molar-refractivity contribution in [1.82, 2.24) is 0 Å². The van der Waals surface area contributed by atoms with Gasteiger partial charge in [-0.25, -0.2) is 0 Å². The van der Waals surface area contributed by atoms with Crippen molar-refractivity contribution in [1.29, 1.82) is 0 Å². The number of nitrogen functional groups attached to an aromatic ring is 1. The summed E-state index contributed by atoms with van der Waals surface area (Å²) in [6.45, 7) is 4.96. The highest BCUT2D eigenvalue weighted by Crippen LogP contribution is 2.32. The first-order valence-electron chi connectivity index (χ1n) is 5.45. The lowest BCUT2D eigenvalue weighted by Crippen LogP contribution is -2.11. The molecule has 0 saturated heterocycles. The van der Waals surface area contributed by atoms with Gasteiger partial charge in [0.15, 0.2) is 0 Å². The van der Waals surface area contributed by atoms with Crippen molar-refractivity contribution in [3.8, 4) is 5.75 Å². The van der Waals surface area contributed by atoms with Gasteiger partial charge in [0.25, 0.3) is 0 Å². The normalized spacial score (nSPS) is 10.8. The Balaban J connectivity index is 2.70. The largest absolute Gasteiger partial charge is 0.491 e. The van der Waals surface area contributed by atoms with Crippen molar-refractivity contribution in [2.75, 3.05) is 12.3 Å². The van der Waals surface area contributed by atoms with Crippen LogP contribution in [0.15, 0.2) is 12.1 Å². The molecule has 4 heteroatoms. The van der Waals surface area contributed by atoms with Gasteiger partial charge >= 0.3 is 0 Å². The lowest BCUT2D eigenvalue weighted by atomic mass is 10.1. The lowest BCUT2D eigenvalue weighted by Gasteiger charge is -2.15. The van der Waals surface area contributed by atoms with E-state index in [0.29, 0.717) is 34.0 Å². The van der Waals surface area contributed by atoms with Crippen LogP contribution in [0.4, 0.5) is 5.69 Å². The SMILES string of the molecule is CCC(CC)COc1cc(Cl)c(Cl)cc1N. The van der Waals surface area contributed by atoms with E-state index in [2.05, 4.69) is 13.8 Å². The molecule has 1 rings (SSSR count). The molecular formula is C12H17Cl2NO. The second-order valence-corrected chi connectivity index (χ2v) is 4.61. The summed E-state index contributed by atoms with van der Waals surface area (Å²) in [6, 6.07) is 3.29. The zero-order valence-corrected chi connectivity index (χ0v) is 11.1. The number of anilines is 1. The zero-order valence-electron chi connectivity index (χ0n) is 9.59. The van der Waals surface area contributed by atoms with E-state index < -0.39 is 0 Å². The van der Waals surface area contributed by atoms with Crippen molar-refractivity contribution in [2.45, 2.75) is 26.7 Å². The molecule has 90 valence electrons. The van der Waals surface area contributed by atoms with Crippen LogP contribution in [-0.4, -0.2) is 6.61 Å². The summed E-state index contributed by atoms with van der Waals surface area (Å²) in [7, 11) is 0. The molecular weight excluding hydrogens is 245 g/mol. The molecule has 0 spiro atoms. The monoisotopic (exact) mass is 261 g/mol. The van der Waals surface area contributed by atoms with Gasteiger partial charge in [-0.05, 0) is 12.0 Å². The Morgan fingerprint density at radius 2 is 1.75 bits per heavy atom. The molecule has 0 atom stereocenters. The Hall–Kier alpha value is -0.600. The molecule has 0 saturated carbocycles. The molecule has 0 bridgehead atoms. The lowest BCUT2D eigenvalue weighted by molar-refractivity contribution is 0.242. The van der Waals surface area contributed by atoms with Crippen LogP contribution in [0.25, 0.3) is 0 Å². The van der Waals surface area contributed by atoms with Gasteiger partial charge in [0, 0.05) is 6.07 Å². The second kappa shape index (κ2) is 6.21. The Labute approximate surface area is 107 Å². The van der Waals surface area contributed by atoms with Crippen LogP contribution in [0.3, 0.4) is 0 Å². The van der Waals surface area contributed by atoms with E-state index in [1.165, 1.54) is 0 Å². The molecule has 0 heterocycles. The fraction of sp³-hybridized carbons (Fsp3) is 0.500. The Morgan fingerprint density at radius 1 is 1.19 bits per heavy atom. The predicted octanol–water partition coefficient (Wildman–Crippen LogP) is 4.39. The number of nitrogens with two attached hydrogens (primary N) is 1. The number of hydrogen-bond donors (Lipinski definition) is 1. The van der Waals surface area contributed by atoms with E-state index in [1.54, 1.807) is 12.1 Å². The molecule has 0 radical (unpaired) electrons. The van der Waals surface area contributed by atoms with E-state index in [1.807, 2.05) is 0 Å². The first kappa shape index (κ1) is 13.5. The second-order valence-electron chi connectivity index (χ2n) is 3.80. The first-order chi connectivity index (χ1) is 7.58. The number of hydrogen-bond acceptors (Lipinski definition) is 2. The highest BCUT2D eigenvalue weighted by molar-refractivity contribution is 6.42. The Kier molecular flexibility index (Phi) is 5.23. The summed E-state index contributed by atoms with van der Waals surface area (Å²) in [5, 5.41) is 0.921. The quantitative estimate of drug-likeness (QED) is 0.798. The average Bonchev–Trinajstić information content (AvgIpc) is 2.26. The van der Waals surface area contributed by atoms with Crippen LogP contribution in [0.2, 0.25) is 10.0 Å². The molecule has 2 nitrogen and oxygen atoms in total. The van der Waals surface area contributed by atoms with Crippen molar-refractivity contribution in [2.24, 2.45) is 5.92 Å². The number of benzene rings is 1. The summed E-state index contributed by atoms with van der Waals surface area (Å²) in [5.41, 5.74) is 6.32. The minimum absolute atomic E-state index is 0.453. The van der Waals surface area contributed by atoms with Crippen LogP contribution >= 0.6 is 23.2 Å². The van der Waals surface area contributed by atoms with E-state index in [-0.39, 0.29) is 0 Å². The summed E-state index contributed by atoms with van der Waals surface area (Å²) in [5.74, 6) is 1.16. The number of halogens is 2. The molecule has 1 aromatic rings. The van der Waals surface area contributed by atoms with Crippen molar-refractivity contribution in [3.05, 3.63) is 22.2 Å². The Bertz CT molecular complexity index is 351. The van der Waals surface area contributed by atoms with Crippen LogP contribution in [0.5, 0.6) is 5.75 Å². The standard InChI is InChI=1S/C12H17Cl2NO/c1-3-8(4-2)7-16-12-6-10(14)9(13)5-11(12)15/h5-6,8H,3-4,7,15H2,1-2H3. The van der Waals surface area contributed by atoms with Crippen LogP contribution in [0, 0.1) is 5.92 Å². The fourth-order valence-corrected chi connectivity index (χ4v) is 1.73. The molecule has 0 fully saturated rings. The van der Waals surface area contributed by atoms with Gasteiger partial charge < -0.3 is 10.5 Å². The maximum Gasteiger partial charge on any atom is 0.143 e. The van der Waals surface area contributed by atoms with Gasteiger partial charge in [-0.2, -0.15) is 0 Å². The summed E-state index contributed by atoms with van der Waals surface area (Å²) in [4.78, 5) is 0. The predicted molar refractivity (Wildman–Crippen MR) is 70.4 cm³/mol. The number of rotatable bonds is 5. The van der Waals surface area contributed by atoms with Crippen molar-refractivity contribution in [3.63, 3.8) is 0 Å². The van der Waals surface area contributed by atoms with E-state index in [4.69, 9.17) is 33.7 Å². The molecule has 16 heavy (non-hydrogen) atoms. The topological polar surface area (TPSA) is 35.2 Å². The minimum atomic E-state index is 0.453. The molecule has 0 aliphatic carbocycles. The molecule has 0 aromatic heterocycles. The molecule has 2 N–H and O–H groups in total. The van der Waals surface area contributed by atoms with Crippen LogP contribution in [0.1, 0.15) is 26.7 Å². The third kappa shape index (κ3) is 3.46.